The van der Waals surface area contributed by atoms with Crippen molar-refractivity contribution in [2.45, 2.75) is 25.7 Å². The van der Waals surface area contributed by atoms with Crippen molar-refractivity contribution in [1.29, 1.82) is 5.26 Å². The Morgan fingerprint density at radius 3 is 2.46 bits per heavy atom. The number of carbonyl (C=O) groups is 1. The Balaban J connectivity index is 1.45. The van der Waals surface area contributed by atoms with E-state index >= 15 is 0 Å². The van der Waals surface area contributed by atoms with E-state index in [1.165, 1.54) is 12.1 Å². The summed E-state index contributed by atoms with van der Waals surface area (Å²) in [4.78, 5) is 25.8. The molecule has 2 fully saturated rings. The molecule has 28 heavy (non-hydrogen) atoms. The summed E-state index contributed by atoms with van der Waals surface area (Å²) in [6.07, 6.45) is 2.09. The second-order valence-corrected chi connectivity index (χ2v) is 7.49. The number of benzene rings is 1. The van der Waals surface area contributed by atoms with Crippen LogP contribution in [0.3, 0.4) is 0 Å². The molecule has 1 unspecified atom stereocenters. The van der Waals surface area contributed by atoms with Gasteiger partial charge in [0.05, 0.1) is 5.92 Å². The summed E-state index contributed by atoms with van der Waals surface area (Å²) >= 11 is 0. The number of aryl methyl sites for hydroxylation is 1. The summed E-state index contributed by atoms with van der Waals surface area (Å²) < 4.78 is 13.3. The molecule has 7 heteroatoms. The molecule has 2 heterocycles. The van der Waals surface area contributed by atoms with Gasteiger partial charge in [0.2, 0.25) is 11.9 Å². The molecule has 144 valence electrons. The Labute approximate surface area is 163 Å². The van der Waals surface area contributed by atoms with Gasteiger partial charge in [-0.3, -0.25) is 4.79 Å². The maximum absolute atomic E-state index is 13.3. The predicted octanol–water partition coefficient (Wildman–Crippen LogP) is 2.64. The lowest BCUT2D eigenvalue weighted by Crippen LogP contribution is -2.50. The van der Waals surface area contributed by atoms with Gasteiger partial charge in [0.25, 0.3) is 0 Å². The molecule has 0 spiro atoms. The molecule has 1 saturated carbocycles. The molecule has 1 saturated heterocycles. The quantitative estimate of drug-likeness (QED) is 0.817. The summed E-state index contributed by atoms with van der Waals surface area (Å²) in [5, 5.41) is 9.11. The molecule has 1 aromatic heterocycles. The normalized spacial score (nSPS) is 17.9. The number of nitrogens with zero attached hydrogens (tertiary/aromatic N) is 5. The van der Waals surface area contributed by atoms with Crippen molar-refractivity contribution in [3.63, 3.8) is 0 Å². The van der Waals surface area contributed by atoms with E-state index in [4.69, 9.17) is 5.26 Å². The van der Waals surface area contributed by atoms with Crippen LogP contribution in [0.1, 0.15) is 35.7 Å². The largest absolute Gasteiger partial charge is 0.339 e. The number of halogens is 1. The molecule has 1 atom stereocenters. The molecule has 1 amide bonds. The first-order valence-corrected chi connectivity index (χ1v) is 9.60. The number of hydrogen-bond donors (Lipinski definition) is 0. The first-order chi connectivity index (χ1) is 13.5. The molecule has 0 radical (unpaired) electrons. The van der Waals surface area contributed by atoms with Gasteiger partial charge in [-0.05, 0) is 49.4 Å². The van der Waals surface area contributed by atoms with Crippen molar-refractivity contribution in [1.82, 2.24) is 14.9 Å². The molecule has 1 aromatic carbocycles. The Morgan fingerprint density at radius 1 is 1.18 bits per heavy atom. The van der Waals surface area contributed by atoms with E-state index in [-0.39, 0.29) is 17.6 Å². The monoisotopic (exact) mass is 379 g/mol. The van der Waals surface area contributed by atoms with Crippen molar-refractivity contribution in [2.24, 2.45) is 5.92 Å². The summed E-state index contributed by atoms with van der Waals surface area (Å²) in [6.45, 7) is 4.27. The molecule has 6 nitrogen and oxygen atoms in total. The Kier molecular flexibility index (Phi) is 4.95. The topological polar surface area (TPSA) is 73.1 Å². The Hall–Kier alpha value is -3.01. The number of hydrogen-bond acceptors (Lipinski definition) is 5. The van der Waals surface area contributed by atoms with E-state index in [1.807, 2.05) is 16.7 Å². The van der Waals surface area contributed by atoms with Crippen LogP contribution >= 0.6 is 0 Å². The number of piperazine rings is 1. The van der Waals surface area contributed by atoms with Crippen molar-refractivity contribution in [3.05, 3.63) is 53.1 Å². The van der Waals surface area contributed by atoms with E-state index in [0.717, 1.165) is 24.1 Å². The average Bonchev–Trinajstić information content (AvgIpc) is 3.54. The number of anilines is 1. The first kappa shape index (κ1) is 18.4. The highest BCUT2D eigenvalue weighted by Crippen LogP contribution is 2.43. The Bertz CT molecular complexity index is 911. The number of rotatable bonds is 4. The zero-order chi connectivity index (χ0) is 19.7. The summed E-state index contributed by atoms with van der Waals surface area (Å²) in [6, 6.07) is 10.0. The lowest BCUT2D eigenvalue weighted by atomic mass is 9.92. The summed E-state index contributed by atoms with van der Waals surface area (Å²) in [7, 11) is 0. The number of carbonyl (C=O) groups excluding carboxylic acids is 1. The molecule has 0 N–H and O–H groups in total. The average molecular weight is 379 g/mol. The molecule has 1 aliphatic heterocycles. The molecule has 2 aromatic rings. The van der Waals surface area contributed by atoms with E-state index in [2.05, 4.69) is 16.0 Å². The van der Waals surface area contributed by atoms with E-state index in [0.29, 0.717) is 43.7 Å². The second-order valence-electron chi connectivity index (χ2n) is 7.49. The van der Waals surface area contributed by atoms with E-state index in [1.54, 1.807) is 18.2 Å². The van der Waals surface area contributed by atoms with Crippen molar-refractivity contribution < 1.29 is 9.18 Å². The van der Waals surface area contributed by atoms with Crippen LogP contribution in [0.5, 0.6) is 0 Å². The smallest absolute Gasteiger partial charge is 0.230 e. The summed E-state index contributed by atoms with van der Waals surface area (Å²) in [5.74, 6) is 0.550. The van der Waals surface area contributed by atoms with E-state index < -0.39 is 0 Å². The fraction of sp³-hybridized carbons (Fsp3) is 0.429. The third kappa shape index (κ3) is 3.81. The van der Waals surface area contributed by atoms with Gasteiger partial charge in [0, 0.05) is 31.9 Å². The van der Waals surface area contributed by atoms with Crippen LogP contribution in [0.4, 0.5) is 10.3 Å². The van der Waals surface area contributed by atoms with Gasteiger partial charge in [-0.2, -0.15) is 5.26 Å². The van der Waals surface area contributed by atoms with E-state index in [9.17, 15) is 9.18 Å². The van der Waals surface area contributed by atoms with Crippen LogP contribution in [0, 0.1) is 30.0 Å². The van der Waals surface area contributed by atoms with Crippen molar-refractivity contribution >= 4 is 11.9 Å². The lowest BCUT2D eigenvalue weighted by Gasteiger charge is -2.36. The highest BCUT2D eigenvalue weighted by Gasteiger charge is 2.40. The van der Waals surface area contributed by atoms with Gasteiger partial charge < -0.3 is 9.80 Å². The number of aromatic nitrogens is 2. The second kappa shape index (κ2) is 7.55. The minimum Gasteiger partial charge on any atom is -0.339 e. The zero-order valence-corrected chi connectivity index (χ0v) is 15.8. The number of amides is 1. The Morgan fingerprint density at radius 2 is 1.86 bits per heavy atom. The van der Waals surface area contributed by atoms with Gasteiger partial charge in [0.1, 0.15) is 17.6 Å². The van der Waals surface area contributed by atoms with Crippen LogP contribution in [0.15, 0.2) is 30.3 Å². The minimum atomic E-state index is -0.283. The van der Waals surface area contributed by atoms with Gasteiger partial charge in [-0.25, -0.2) is 14.4 Å². The maximum Gasteiger partial charge on any atom is 0.230 e. The molecular weight excluding hydrogens is 357 g/mol. The standard InChI is InChI=1S/C21H22FN5O/c1-14-12-18(13-23)25-21(24-14)27-10-8-26(9-11-27)20(28)19(15-2-3-15)16-4-6-17(22)7-5-16/h4-7,12,15,19H,2-3,8-11H2,1H3. The summed E-state index contributed by atoms with van der Waals surface area (Å²) in [5.41, 5.74) is 2.01. The van der Waals surface area contributed by atoms with Crippen LogP contribution in [-0.2, 0) is 4.79 Å². The fourth-order valence-corrected chi connectivity index (χ4v) is 3.79. The van der Waals surface area contributed by atoms with Crippen molar-refractivity contribution in [2.75, 3.05) is 31.1 Å². The maximum atomic E-state index is 13.3. The first-order valence-electron chi connectivity index (χ1n) is 9.60. The zero-order valence-electron chi connectivity index (χ0n) is 15.8. The molecule has 4 rings (SSSR count). The van der Waals surface area contributed by atoms with Crippen LogP contribution < -0.4 is 4.90 Å². The van der Waals surface area contributed by atoms with Gasteiger partial charge >= 0.3 is 0 Å². The predicted molar refractivity (Wildman–Crippen MR) is 102 cm³/mol. The van der Waals surface area contributed by atoms with Crippen LogP contribution in [0.25, 0.3) is 0 Å². The third-order valence-corrected chi connectivity index (χ3v) is 5.42. The van der Waals surface area contributed by atoms with Crippen LogP contribution in [-0.4, -0.2) is 47.0 Å². The van der Waals surface area contributed by atoms with Gasteiger partial charge in [0.15, 0.2) is 0 Å². The van der Waals surface area contributed by atoms with Gasteiger partial charge in [-0.1, -0.05) is 12.1 Å². The van der Waals surface area contributed by atoms with Crippen molar-refractivity contribution in [3.8, 4) is 6.07 Å². The third-order valence-electron chi connectivity index (χ3n) is 5.42. The van der Waals surface area contributed by atoms with Crippen LogP contribution in [0.2, 0.25) is 0 Å². The molecule has 0 bridgehead atoms. The molecule has 2 aliphatic rings. The fourth-order valence-electron chi connectivity index (χ4n) is 3.79. The highest BCUT2D eigenvalue weighted by molar-refractivity contribution is 5.84. The lowest BCUT2D eigenvalue weighted by molar-refractivity contribution is -0.133. The molecule has 1 aliphatic carbocycles. The SMILES string of the molecule is Cc1cc(C#N)nc(N2CCN(C(=O)C(c3ccc(F)cc3)C3CC3)CC2)n1. The highest BCUT2D eigenvalue weighted by atomic mass is 19.1. The minimum absolute atomic E-state index is 0.122. The van der Waals surface area contributed by atoms with Gasteiger partial charge in [-0.15, -0.1) is 0 Å². The number of nitriles is 1. The molecular formula is C21H22FN5O.